The Bertz CT molecular complexity index is 1180. The minimum absolute atomic E-state index is 0.514. The molecule has 0 spiro atoms. The Labute approximate surface area is 165 Å². The molecular weight excluding hydrogens is 370 g/mol. The molecule has 3 aromatic rings. The zero-order valence-corrected chi connectivity index (χ0v) is 16.6. The number of sulfonamides is 1. The normalized spacial score (nSPS) is 14.6. The summed E-state index contributed by atoms with van der Waals surface area (Å²) in [5.74, 6) is 0.855. The second kappa shape index (κ2) is 7.17. The minimum atomic E-state index is -3.33. The van der Waals surface area contributed by atoms with E-state index in [1.54, 1.807) is 6.07 Å². The molecule has 0 atom stereocenters. The van der Waals surface area contributed by atoms with Gasteiger partial charge in [0, 0.05) is 11.3 Å². The number of anilines is 1. The van der Waals surface area contributed by atoms with Gasteiger partial charge in [-0.15, -0.1) is 0 Å². The summed E-state index contributed by atoms with van der Waals surface area (Å²) in [7, 11) is -3.33. The van der Waals surface area contributed by atoms with Crippen molar-refractivity contribution < 1.29 is 13.2 Å². The first-order valence-corrected chi connectivity index (χ1v) is 10.9. The molecule has 5 heteroatoms. The van der Waals surface area contributed by atoms with E-state index in [2.05, 4.69) is 41.1 Å². The third kappa shape index (κ3) is 3.94. The standard InChI is InChI=1S/C23H21NO3S/c1-16-10-11-21-22(14-17-6-5-8-19(13-17)24-28(2,25)26)20-9-4-3-7-18(20)15-27-23(21)12-16/h3-14,24H,15H2,1-2H3/b22-14-. The smallest absolute Gasteiger partial charge is 0.229 e. The summed E-state index contributed by atoms with van der Waals surface area (Å²) in [5, 5.41) is 0. The molecule has 3 aromatic carbocycles. The molecule has 1 heterocycles. The van der Waals surface area contributed by atoms with Gasteiger partial charge < -0.3 is 4.74 Å². The van der Waals surface area contributed by atoms with Crippen molar-refractivity contribution in [2.75, 3.05) is 11.0 Å². The maximum Gasteiger partial charge on any atom is 0.229 e. The third-order valence-electron chi connectivity index (χ3n) is 4.62. The van der Waals surface area contributed by atoms with Crippen molar-refractivity contribution in [2.45, 2.75) is 13.5 Å². The molecule has 0 saturated carbocycles. The Morgan fingerprint density at radius 1 is 0.964 bits per heavy atom. The summed E-state index contributed by atoms with van der Waals surface area (Å²) < 4.78 is 31.7. The second-order valence-electron chi connectivity index (χ2n) is 7.00. The fraction of sp³-hybridized carbons (Fsp3) is 0.130. The summed E-state index contributed by atoms with van der Waals surface area (Å²) in [4.78, 5) is 0. The first-order valence-electron chi connectivity index (χ1n) is 9.01. The van der Waals surface area contributed by atoms with Gasteiger partial charge in [0.15, 0.2) is 0 Å². The van der Waals surface area contributed by atoms with Crippen molar-refractivity contribution in [3.05, 3.63) is 94.5 Å². The highest BCUT2D eigenvalue weighted by Gasteiger charge is 2.19. The number of aryl methyl sites for hydroxylation is 1. The number of fused-ring (bicyclic) bond motifs is 2. The lowest BCUT2D eigenvalue weighted by Crippen LogP contribution is -2.09. The van der Waals surface area contributed by atoms with Gasteiger partial charge in [0.2, 0.25) is 10.0 Å². The summed E-state index contributed by atoms with van der Waals surface area (Å²) in [6.07, 6.45) is 3.23. The number of rotatable bonds is 3. The van der Waals surface area contributed by atoms with Crippen molar-refractivity contribution in [3.63, 3.8) is 0 Å². The van der Waals surface area contributed by atoms with Gasteiger partial charge in [-0.3, -0.25) is 4.72 Å². The van der Waals surface area contributed by atoms with Gasteiger partial charge in [0.05, 0.1) is 6.26 Å². The molecule has 28 heavy (non-hydrogen) atoms. The molecule has 0 aliphatic carbocycles. The lowest BCUT2D eigenvalue weighted by atomic mass is 9.92. The van der Waals surface area contributed by atoms with Crippen LogP contribution >= 0.6 is 0 Å². The van der Waals surface area contributed by atoms with Gasteiger partial charge in [0.1, 0.15) is 12.4 Å². The molecule has 1 aliphatic heterocycles. The first kappa shape index (κ1) is 18.3. The molecule has 1 aliphatic rings. The van der Waals surface area contributed by atoms with Crippen LogP contribution in [0.3, 0.4) is 0 Å². The van der Waals surface area contributed by atoms with Crippen LogP contribution in [0.4, 0.5) is 5.69 Å². The minimum Gasteiger partial charge on any atom is -0.488 e. The Balaban J connectivity index is 1.88. The highest BCUT2D eigenvalue weighted by atomic mass is 32.2. The third-order valence-corrected chi connectivity index (χ3v) is 5.23. The maximum absolute atomic E-state index is 11.6. The first-order chi connectivity index (χ1) is 13.4. The van der Waals surface area contributed by atoms with Crippen molar-refractivity contribution in [1.82, 2.24) is 0 Å². The quantitative estimate of drug-likeness (QED) is 0.694. The van der Waals surface area contributed by atoms with Crippen LogP contribution in [0.15, 0.2) is 66.7 Å². The average molecular weight is 391 g/mol. The zero-order valence-electron chi connectivity index (χ0n) is 15.8. The lowest BCUT2D eigenvalue weighted by Gasteiger charge is -2.12. The van der Waals surface area contributed by atoms with Crippen LogP contribution in [0, 0.1) is 6.92 Å². The van der Waals surface area contributed by atoms with Gasteiger partial charge in [-0.05, 0) is 59.0 Å². The zero-order chi connectivity index (χ0) is 19.7. The summed E-state index contributed by atoms with van der Waals surface area (Å²) in [6.45, 7) is 2.56. The van der Waals surface area contributed by atoms with E-state index in [1.165, 1.54) is 0 Å². The highest BCUT2D eigenvalue weighted by Crippen LogP contribution is 2.38. The Kier molecular flexibility index (Phi) is 4.69. The molecule has 1 N–H and O–H groups in total. The molecule has 4 rings (SSSR count). The molecule has 0 aromatic heterocycles. The molecule has 4 nitrogen and oxygen atoms in total. The Morgan fingerprint density at radius 3 is 2.61 bits per heavy atom. The van der Waals surface area contributed by atoms with Gasteiger partial charge >= 0.3 is 0 Å². The van der Waals surface area contributed by atoms with Crippen LogP contribution in [0.1, 0.15) is 27.8 Å². The predicted molar refractivity (Wildman–Crippen MR) is 114 cm³/mol. The number of ether oxygens (including phenoxy) is 1. The van der Waals surface area contributed by atoms with E-state index >= 15 is 0 Å². The van der Waals surface area contributed by atoms with Gasteiger partial charge in [-0.1, -0.05) is 48.5 Å². The van der Waals surface area contributed by atoms with Crippen LogP contribution in [0.2, 0.25) is 0 Å². The van der Waals surface area contributed by atoms with E-state index in [9.17, 15) is 8.42 Å². The summed E-state index contributed by atoms with van der Waals surface area (Å²) >= 11 is 0. The monoisotopic (exact) mass is 391 g/mol. The van der Waals surface area contributed by atoms with Crippen LogP contribution < -0.4 is 9.46 Å². The largest absolute Gasteiger partial charge is 0.488 e. The van der Waals surface area contributed by atoms with Crippen molar-refractivity contribution in [2.24, 2.45) is 0 Å². The fourth-order valence-corrected chi connectivity index (χ4v) is 3.96. The van der Waals surface area contributed by atoms with Crippen LogP contribution in [-0.4, -0.2) is 14.7 Å². The molecule has 0 unspecified atom stereocenters. The lowest BCUT2D eigenvalue weighted by molar-refractivity contribution is 0.307. The number of hydrogen-bond acceptors (Lipinski definition) is 3. The molecule has 0 amide bonds. The summed E-state index contributed by atoms with van der Waals surface area (Å²) in [6, 6.07) is 21.8. The molecule has 0 fully saturated rings. The van der Waals surface area contributed by atoms with E-state index < -0.39 is 10.0 Å². The van der Waals surface area contributed by atoms with Crippen molar-refractivity contribution in [3.8, 4) is 5.75 Å². The average Bonchev–Trinajstić information content (AvgIpc) is 2.78. The number of nitrogens with one attached hydrogen (secondary N) is 1. The molecule has 0 bridgehead atoms. The SMILES string of the molecule is Cc1ccc2c(c1)OCc1ccccc1/C2=C/c1cccc(NS(C)(=O)=O)c1. The highest BCUT2D eigenvalue weighted by molar-refractivity contribution is 7.92. The second-order valence-corrected chi connectivity index (χ2v) is 8.75. The van der Waals surface area contributed by atoms with Crippen LogP contribution in [-0.2, 0) is 16.6 Å². The van der Waals surface area contributed by atoms with E-state index in [-0.39, 0.29) is 0 Å². The Hall–Kier alpha value is -3.05. The predicted octanol–water partition coefficient (Wildman–Crippen LogP) is 4.85. The van der Waals surface area contributed by atoms with Crippen LogP contribution in [0.25, 0.3) is 11.6 Å². The van der Waals surface area contributed by atoms with Gasteiger partial charge in [0.25, 0.3) is 0 Å². The van der Waals surface area contributed by atoms with E-state index in [4.69, 9.17) is 4.74 Å². The van der Waals surface area contributed by atoms with Crippen molar-refractivity contribution >= 4 is 27.4 Å². The molecule has 0 radical (unpaired) electrons. The van der Waals surface area contributed by atoms with Gasteiger partial charge in [-0.2, -0.15) is 0 Å². The van der Waals surface area contributed by atoms with E-state index in [1.807, 2.05) is 37.3 Å². The van der Waals surface area contributed by atoms with E-state index in [0.29, 0.717) is 12.3 Å². The van der Waals surface area contributed by atoms with Crippen LogP contribution in [0.5, 0.6) is 5.75 Å². The molecule has 0 saturated heterocycles. The number of benzene rings is 3. The van der Waals surface area contributed by atoms with E-state index in [0.717, 1.165) is 45.4 Å². The Morgan fingerprint density at radius 2 is 1.79 bits per heavy atom. The van der Waals surface area contributed by atoms with Gasteiger partial charge in [-0.25, -0.2) is 8.42 Å². The van der Waals surface area contributed by atoms with Crippen molar-refractivity contribution in [1.29, 1.82) is 0 Å². The molecule has 142 valence electrons. The maximum atomic E-state index is 11.6. The fourth-order valence-electron chi connectivity index (χ4n) is 3.41. The number of hydrogen-bond donors (Lipinski definition) is 1. The topological polar surface area (TPSA) is 55.4 Å². The molecular formula is C23H21NO3S. The summed E-state index contributed by atoms with van der Waals surface area (Å²) in [5.41, 5.74) is 6.91.